The van der Waals surface area contributed by atoms with E-state index in [1.807, 2.05) is 17.5 Å². The molecule has 0 spiro atoms. The fraction of sp³-hybridized carbons (Fsp3) is 0.312. The zero-order chi connectivity index (χ0) is 14.9. The third kappa shape index (κ3) is 5.72. The van der Waals surface area contributed by atoms with Crippen LogP contribution in [-0.2, 0) is 17.8 Å². The Morgan fingerprint density at radius 2 is 2.24 bits per heavy atom. The minimum absolute atomic E-state index is 0.0861. The Balaban J connectivity index is 1.67. The van der Waals surface area contributed by atoms with Gasteiger partial charge in [0.2, 0.25) is 5.91 Å². The zero-order valence-electron chi connectivity index (χ0n) is 11.6. The van der Waals surface area contributed by atoms with E-state index in [-0.39, 0.29) is 12.5 Å². The first-order chi connectivity index (χ1) is 10.3. The predicted octanol–water partition coefficient (Wildman–Crippen LogP) is 2.79. The first kappa shape index (κ1) is 15.8. The third-order valence-electron chi connectivity index (χ3n) is 2.83. The molecule has 21 heavy (non-hydrogen) atoms. The highest BCUT2D eigenvalue weighted by Gasteiger charge is 2.04. The Bertz CT molecular complexity index is 620. The number of carbonyl (C=O) groups excluding carboxylic acids is 1. The summed E-state index contributed by atoms with van der Waals surface area (Å²) in [5, 5.41) is 15.6. The molecule has 0 aliphatic carbocycles. The number of rotatable bonds is 6. The molecule has 0 saturated carbocycles. The second-order valence-electron chi connectivity index (χ2n) is 4.47. The van der Waals surface area contributed by atoms with Gasteiger partial charge < -0.3 is 10.4 Å². The maximum Gasteiger partial charge on any atom is 0.220 e. The van der Waals surface area contributed by atoms with Crippen molar-refractivity contribution >= 4 is 28.6 Å². The molecular weight excluding hydrogens is 302 g/mol. The van der Waals surface area contributed by atoms with Crippen molar-refractivity contribution in [1.82, 2.24) is 5.32 Å². The fourth-order valence-corrected chi connectivity index (χ4v) is 3.34. The number of aliphatic hydroxyl groups is 1. The predicted molar refractivity (Wildman–Crippen MR) is 87.4 cm³/mol. The largest absolute Gasteiger partial charge is 0.384 e. The summed E-state index contributed by atoms with van der Waals surface area (Å²) in [6.07, 6.45) is 2.40. The normalized spacial score (nSPS) is 9.95. The molecule has 0 aromatic carbocycles. The summed E-state index contributed by atoms with van der Waals surface area (Å²) in [5.41, 5.74) is 0.885. The molecule has 2 heterocycles. The molecule has 0 bridgehead atoms. The van der Waals surface area contributed by atoms with Gasteiger partial charge in [0, 0.05) is 27.1 Å². The molecule has 1 amide bonds. The number of nitrogens with one attached hydrogen (secondary N) is 1. The SMILES string of the molecule is O=C(CCCc1cccs1)NCc1cc(C#CCO)cs1. The van der Waals surface area contributed by atoms with Crippen molar-refractivity contribution < 1.29 is 9.90 Å². The highest BCUT2D eigenvalue weighted by Crippen LogP contribution is 2.14. The van der Waals surface area contributed by atoms with E-state index in [1.54, 1.807) is 22.7 Å². The Morgan fingerprint density at radius 3 is 3.00 bits per heavy atom. The van der Waals surface area contributed by atoms with E-state index in [9.17, 15) is 4.79 Å². The molecule has 0 unspecified atom stereocenters. The topological polar surface area (TPSA) is 49.3 Å². The summed E-state index contributed by atoms with van der Waals surface area (Å²) in [4.78, 5) is 14.2. The smallest absolute Gasteiger partial charge is 0.220 e. The molecule has 110 valence electrons. The number of aliphatic hydroxyl groups excluding tert-OH is 1. The maximum absolute atomic E-state index is 11.8. The van der Waals surface area contributed by atoms with Crippen molar-refractivity contribution in [3.63, 3.8) is 0 Å². The summed E-state index contributed by atoms with van der Waals surface area (Å²) in [7, 11) is 0. The highest BCUT2D eigenvalue weighted by molar-refractivity contribution is 7.10. The fourth-order valence-electron chi connectivity index (χ4n) is 1.83. The van der Waals surface area contributed by atoms with Crippen molar-refractivity contribution in [1.29, 1.82) is 0 Å². The zero-order valence-corrected chi connectivity index (χ0v) is 13.2. The first-order valence-electron chi connectivity index (χ1n) is 6.74. The Morgan fingerprint density at radius 1 is 1.33 bits per heavy atom. The van der Waals surface area contributed by atoms with Crippen LogP contribution in [0.1, 0.15) is 28.2 Å². The van der Waals surface area contributed by atoms with E-state index in [4.69, 9.17) is 5.11 Å². The average molecular weight is 319 g/mol. The summed E-state index contributed by atoms with van der Waals surface area (Å²) in [6, 6.07) is 6.08. The first-order valence-corrected chi connectivity index (χ1v) is 8.50. The number of aryl methyl sites for hydroxylation is 1. The van der Waals surface area contributed by atoms with Gasteiger partial charge >= 0.3 is 0 Å². The molecule has 2 aromatic heterocycles. The van der Waals surface area contributed by atoms with Gasteiger partial charge in [0.1, 0.15) is 6.61 Å². The van der Waals surface area contributed by atoms with E-state index >= 15 is 0 Å². The van der Waals surface area contributed by atoms with Crippen LogP contribution in [0, 0.1) is 11.8 Å². The van der Waals surface area contributed by atoms with Crippen LogP contribution in [-0.4, -0.2) is 17.6 Å². The van der Waals surface area contributed by atoms with Crippen LogP contribution in [0.15, 0.2) is 29.0 Å². The van der Waals surface area contributed by atoms with Gasteiger partial charge in [0.15, 0.2) is 0 Å². The van der Waals surface area contributed by atoms with Gasteiger partial charge in [-0.2, -0.15) is 0 Å². The molecule has 2 aromatic rings. The highest BCUT2D eigenvalue weighted by atomic mass is 32.1. The minimum Gasteiger partial charge on any atom is -0.384 e. The standard InChI is InChI=1S/C16H17NO2S2/c18-8-2-4-13-10-15(21-12-13)11-17-16(19)7-1-5-14-6-3-9-20-14/h3,6,9-10,12,18H,1,5,7-8,11H2,(H,17,19). The van der Waals surface area contributed by atoms with Gasteiger partial charge in [0.25, 0.3) is 0 Å². The number of hydrogen-bond acceptors (Lipinski definition) is 4. The molecule has 0 aliphatic heterocycles. The van der Waals surface area contributed by atoms with Gasteiger partial charge in [-0.3, -0.25) is 4.79 Å². The Hall–Kier alpha value is -1.61. The lowest BCUT2D eigenvalue weighted by molar-refractivity contribution is -0.121. The number of hydrogen-bond donors (Lipinski definition) is 2. The summed E-state index contributed by atoms with van der Waals surface area (Å²) in [5.74, 6) is 5.55. The van der Waals surface area contributed by atoms with Crippen LogP contribution in [0.2, 0.25) is 0 Å². The van der Waals surface area contributed by atoms with Gasteiger partial charge in [-0.25, -0.2) is 0 Å². The third-order valence-corrected chi connectivity index (χ3v) is 4.71. The van der Waals surface area contributed by atoms with Crippen molar-refractivity contribution in [2.45, 2.75) is 25.8 Å². The molecule has 5 heteroatoms. The average Bonchev–Trinajstić information content (AvgIpc) is 3.14. The molecular formula is C16H17NO2S2. The van der Waals surface area contributed by atoms with Gasteiger partial charge in [-0.05, 0) is 30.4 Å². The molecule has 0 saturated heterocycles. The lowest BCUT2D eigenvalue weighted by Crippen LogP contribution is -2.21. The van der Waals surface area contributed by atoms with E-state index in [2.05, 4.69) is 28.6 Å². The molecule has 2 rings (SSSR count). The molecule has 0 aliphatic rings. The molecule has 2 N–H and O–H groups in total. The monoisotopic (exact) mass is 319 g/mol. The van der Waals surface area contributed by atoms with Gasteiger partial charge in [-0.1, -0.05) is 17.9 Å². The van der Waals surface area contributed by atoms with Crippen LogP contribution in [0.4, 0.5) is 0 Å². The van der Waals surface area contributed by atoms with E-state index < -0.39 is 0 Å². The van der Waals surface area contributed by atoms with Crippen LogP contribution in [0.3, 0.4) is 0 Å². The minimum atomic E-state index is -0.133. The van der Waals surface area contributed by atoms with Crippen LogP contribution in [0.25, 0.3) is 0 Å². The lowest BCUT2D eigenvalue weighted by atomic mass is 10.2. The Kier molecular flexibility index (Phi) is 6.48. The summed E-state index contributed by atoms with van der Waals surface area (Å²) in [6.45, 7) is 0.412. The summed E-state index contributed by atoms with van der Waals surface area (Å²) >= 11 is 3.30. The maximum atomic E-state index is 11.8. The lowest BCUT2D eigenvalue weighted by Gasteiger charge is -2.03. The molecule has 0 atom stereocenters. The van der Waals surface area contributed by atoms with Crippen molar-refractivity contribution in [2.75, 3.05) is 6.61 Å². The van der Waals surface area contributed by atoms with E-state index in [0.717, 1.165) is 23.3 Å². The number of thiophene rings is 2. The van der Waals surface area contributed by atoms with Crippen LogP contribution >= 0.6 is 22.7 Å². The number of amides is 1. The van der Waals surface area contributed by atoms with E-state index in [1.165, 1.54) is 4.88 Å². The van der Waals surface area contributed by atoms with Crippen molar-refractivity contribution in [3.8, 4) is 11.8 Å². The van der Waals surface area contributed by atoms with Crippen LogP contribution < -0.4 is 5.32 Å². The summed E-state index contributed by atoms with van der Waals surface area (Å²) < 4.78 is 0. The van der Waals surface area contributed by atoms with Crippen molar-refractivity contribution in [2.24, 2.45) is 0 Å². The van der Waals surface area contributed by atoms with E-state index in [0.29, 0.717) is 13.0 Å². The van der Waals surface area contributed by atoms with Gasteiger partial charge in [-0.15, -0.1) is 22.7 Å². The number of carbonyl (C=O) groups is 1. The van der Waals surface area contributed by atoms with Gasteiger partial charge in [0.05, 0.1) is 6.54 Å². The quantitative estimate of drug-likeness (QED) is 0.804. The second-order valence-corrected chi connectivity index (χ2v) is 6.50. The second kappa shape index (κ2) is 8.63. The molecule has 0 radical (unpaired) electrons. The molecule has 0 fully saturated rings. The Labute approximate surface area is 132 Å². The van der Waals surface area contributed by atoms with Crippen LogP contribution in [0.5, 0.6) is 0 Å². The van der Waals surface area contributed by atoms with Crippen molar-refractivity contribution in [3.05, 3.63) is 44.3 Å². The molecule has 3 nitrogen and oxygen atoms in total.